The predicted molar refractivity (Wildman–Crippen MR) is 134 cm³/mol. The van der Waals surface area contributed by atoms with E-state index in [9.17, 15) is 20.1 Å². The molecule has 10 nitrogen and oxygen atoms in total. The number of methoxy groups -OCH3 is 1. The Balaban J connectivity index is 1.90. The van der Waals surface area contributed by atoms with Crippen LogP contribution in [0.15, 0.2) is 30.6 Å². The molecule has 0 saturated carbocycles. The highest BCUT2D eigenvalue weighted by atomic mass is 16.8. The summed E-state index contributed by atoms with van der Waals surface area (Å²) in [4.78, 5) is 16.6. The van der Waals surface area contributed by atoms with E-state index >= 15 is 0 Å². The van der Waals surface area contributed by atoms with Gasteiger partial charge in [0, 0.05) is 25.8 Å². The second-order valence-corrected chi connectivity index (χ2v) is 9.49. The SMILES string of the molecule is COCOc1cc2c(ncn2C)c(/C=C/C[C@H]2OC(C)(C)O[C@@H]2C(O)/C=C\[C@H](C)C(C)O)c1C(=O)O. The van der Waals surface area contributed by atoms with E-state index in [2.05, 4.69) is 4.98 Å². The van der Waals surface area contributed by atoms with Crippen molar-refractivity contribution in [1.29, 1.82) is 0 Å². The molecule has 1 fully saturated rings. The maximum absolute atomic E-state index is 12.2. The minimum Gasteiger partial charge on any atom is -0.478 e. The summed E-state index contributed by atoms with van der Waals surface area (Å²) in [5, 5.41) is 30.4. The maximum Gasteiger partial charge on any atom is 0.340 e. The van der Waals surface area contributed by atoms with Crippen LogP contribution in [0, 0.1) is 5.92 Å². The molecular formula is C26H36N2O8. The molecule has 1 aliphatic heterocycles. The number of ether oxygens (including phenoxy) is 4. The van der Waals surface area contributed by atoms with Crippen LogP contribution in [0.2, 0.25) is 0 Å². The van der Waals surface area contributed by atoms with Crippen LogP contribution in [0.1, 0.15) is 50.0 Å². The minimum absolute atomic E-state index is 0.0231. The molecule has 1 aliphatic rings. The molecule has 0 amide bonds. The van der Waals surface area contributed by atoms with Crippen molar-refractivity contribution in [1.82, 2.24) is 9.55 Å². The largest absolute Gasteiger partial charge is 0.478 e. The van der Waals surface area contributed by atoms with Crippen molar-refractivity contribution in [2.24, 2.45) is 13.0 Å². The summed E-state index contributed by atoms with van der Waals surface area (Å²) in [7, 11) is 3.27. The Labute approximate surface area is 210 Å². The zero-order valence-corrected chi connectivity index (χ0v) is 21.5. The molecule has 0 radical (unpaired) electrons. The molecule has 198 valence electrons. The first-order chi connectivity index (χ1) is 16.9. The van der Waals surface area contributed by atoms with Gasteiger partial charge in [0.2, 0.25) is 0 Å². The van der Waals surface area contributed by atoms with Crippen molar-refractivity contribution >= 4 is 23.1 Å². The summed E-state index contributed by atoms with van der Waals surface area (Å²) in [5.41, 5.74) is 1.60. The average molecular weight is 505 g/mol. The lowest BCUT2D eigenvalue weighted by molar-refractivity contribution is -0.152. The van der Waals surface area contributed by atoms with Crippen LogP contribution in [0.5, 0.6) is 5.75 Å². The molecule has 5 atom stereocenters. The number of benzene rings is 1. The monoisotopic (exact) mass is 504 g/mol. The summed E-state index contributed by atoms with van der Waals surface area (Å²) in [6, 6.07) is 1.63. The van der Waals surface area contributed by atoms with Crippen molar-refractivity contribution in [2.75, 3.05) is 13.9 Å². The molecule has 3 rings (SSSR count). The zero-order valence-electron chi connectivity index (χ0n) is 21.5. The lowest BCUT2D eigenvalue weighted by atomic mass is 9.99. The molecule has 2 unspecified atom stereocenters. The van der Waals surface area contributed by atoms with Gasteiger partial charge in [-0.25, -0.2) is 9.78 Å². The predicted octanol–water partition coefficient (Wildman–Crippen LogP) is 3.11. The quantitative estimate of drug-likeness (QED) is 0.312. The van der Waals surface area contributed by atoms with Gasteiger partial charge in [-0.05, 0) is 33.1 Å². The number of carboxylic acids is 1. The zero-order chi connectivity index (χ0) is 26.6. The topological polar surface area (TPSA) is 132 Å². The van der Waals surface area contributed by atoms with E-state index in [0.717, 1.165) is 0 Å². The van der Waals surface area contributed by atoms with Gasteiger partial charge in [-0.3, -0.25) is 0 Å². The third-order valence-corrected chi connectivity index (χ3v) is 6.15. The third kappa shape index (κ3) is 6.32. The molecule has 2 aromatic rings. The molecule has 36 heavy (non-hydrogen) atoms. The number of aliphatic hydroxyl groups excluding tert-OH is 2. The average Bonchev–Trinajstić information content (AvgIpc) is 3.33. The van der Waals surface area contributed by atoms with Crippen molar-refractivity contribution < 1.29 is 39.1 Å². The number of carbonyl (C=O) groups is 1. The second-order valence-electron chi connectivity index (χ2n) is 9.49. The Morgan fingerprint density at radius 1 is 1.28 bits per heavy atom. The number of fused-ring (bicyclic) bond motifs is 1. The Kier molecular flexibility index (Phi) is 8.91. The van der Waals surface area contributed by atoms with Crippen molar-refractivity contribution in [3.8, 4) is 5.75 Å². The number of nitrogens with zero attached hydrogens (tertiary/aromatic N) is 2. The fraction of sp³-hybridized carbons (Fsp3) is 0.538. The van der Waals surface area contributed by atoms with E-state index in [1.165, 1.54) is 7.11 Å². The van der Waals surface area contributed by atoms with Crippen LogP contribution in [0.4, 0.5) is 0 Å². The van der Waals surface area contributed by atoms with Crippen LogP contribution in [-0.2, 0) is 21.3 Å². The van der Waals surface area contributed by atoms with Crippen molar-refractivity contribution in [2.45, 2.75) is 64.3 Å². The van der Waals surface area contributed by atoms with Crippen molar-refractivity contribution in [3.63, 3.8) is 0 Å². The number of hydrogen-bond acceptors (Lipinski definition) is 8. The Morgan fingerprint density at radius 3 is 2.64 bits per heavy atom. The number of hydrogen-bond donors (Lipinski definition) is 3. The molecule has 0 bridgehead atoms. The summed E-state index contributed by atoms with van der Waals surface area (Å²) in [5.74, 6) is -2.01. The van der Waals surface area contributed by atoms with E-state index in [-0.39, 0.29) is 24.0 Å². The fourth-order valence-electron chi connectivity index (χ4n) is 4.10. The van der Waals surface area contributed by atoms with Gasteiger partial charge in [0.25, 0.3) is 0 Å². The van der Waals surface area contributed by atoms with Crippen LogP contribution in [-0.4, -0.2) is 74.9 Å². The number of aliphatic hydroxyl groups is 2. The molecule has 10 heteroatoms. The second kappa shape index (κ2) is 11.5. The number of rotatable bonds is 11. The highest BCUT2D eigenvalue weighted by molar-refractivity contribution is 6.03. The Bertz CT molecular complexity index is 1120. The summed E-state index contributed by atoms with van der Waals surface area (Å²) < 4.78 is 24.3. The number of carboxylic acid groups (broad SMARTS) is 1. The molecule has 0 spiro atoms. The summed E-state index contributed by atoms with van der Waals surface area (Å²) in [6.45, 7) is 6.99. The number of aromatic carboxylic acids is 1. The number of aromatic nitrogens is 2. The normalized spacial score (nSPS) is 22.4. The molecule has 1 aromatic heterocycles. The van der Waals surface area contributed by atoms with E-state index < -0.39 is 36.2 Å². The van der Waals surface area contributed by atoms with Gasteiger partial charge >= 0.3 is 5.97 Å². The highest BCUT2D eigenvalue weighted by Gasteiger charge is 2.43. The highest BCUT2D eigenvalue weighted by Crippen LogP contribution is 2.34. The minimum atomic E-state index is -1.15. The van der Waals surface area contributed by atoms with Crippen LogP contribution < -0.4 is 4.74 Å². The maximum atomic E-state index is 12.2. The van der Waals surface area contributed by atoms with E-state index in [1.54, 1.807) is 62.0 Å². The van der Waals surface area contributed by atoms with Crippen LogP contribution >= 0.6 is 0 Å². The first kappa shape index (κ1) is 27.8. The van der Waals surface area contributed by atoms with Gasteiger partial charge in [-0.1, -0.05) is 31.2 Å². The lowest BCUT2D eigenvalue weighted by Crippen LogP contribution is -2.34. The Hall–Kier alpha value is -2.76. The molecule has 1 saturated heterocycles. The summed E-state index contributed by atoms with van der Waals surface area (Å²) in [6.07, 6.45) is 6.16. The molecule has 0 aliphatic carbocycles. The van der Waals surface area contributed by atoms with Gasteiger partial charge in [-0.15, -0.1) is 0 Å². The van der Waals surface area contributed by atoms with Gasteiger partial charge in [-0.2, -0.15) is 0 Å². The van der Waals surface area contributed by atoms with E-state index in [0.29, 0.717) is 23.0 Å². The fourth-order valence-corrected chi connectivity index (χ4v) is 4.10. The smallest absolute Gasteiger partial charge is 0.340 e. The van der Waals surface area contributed by atoms with Crippen LogP contribution in [0.25, 0.3) is 17.1 Å². The summed E-state index contributed by atoms with van der Waals surface area (Å²) >= 11 is 0. The Morgan fingerprint density at radius 2 is 2.00 bits per heavy atom. The van der Waals surface area contributed by atoms with Crippen molar-refractivity contribution in [3.05, 3.63) is 41.7 Å². The third-order valence-electron chi connectivity index (χ3n) is 6.15. The molecule has 3 N–H and O–H groups in total. The molecule has 2 heterocycles. The van der Waals surface area contributed by atoms with Gasteiger partial charge < -0.3 is 38.8 Å². The van der Waals surface area contributed by atoms with Gasteiger partial charge in [0.05, 0.1) is 29.6 Å². The lowest BCUT2D eigenvalue weighted by Gasteiger charge is -2.20. The number of aryl methyl sites for hydroxylation is 1. The molecule has 1 aromatic carbocycles. The van der Waals surface area contributed by atoms with Gasteiger partial charge in [0.1, 0.15) is 23.5 Å². The first-order valence-corrected chi connectivity index (χ1v) is 11.8. The standard InChI is InChI=1S/C26H36N2O8/c1-15(16(2)29)10-11-19(30)24-20(35-26(3,4)36-24)9-7-8-17-22(25(31)32)21(34-14-33-6)12-18-23(17)27-13-28(18)5/h7-8,10-13,15-16,19-20,24,29-30H,9,14H2,1-6H3,(H,31,32)/b8-7+,11-10-/t15-,16?,19?,20+,24+/m0/s1. The van der Waals surface area contributed by atoms with Crippen LogP contribution in [0.3, 0.4) is 0 Å². The number of imidazole rings is 1. The van der Waals surface area contributed by atoms with Gasteiger partial charge in [0.15, 0.2) is 12.6 Å². The van der Waals surface area contributed by atoms with E-state index in [4.69, 9.17) is 18.9 Å². The molecular weight excluding hydrogens is 468 g/mol. The van der Waals surface area contributed by atoms with E-state index in [1.807, 2.05) is 14.0 Å². The first-order valence-electron chi connectivity index (χ1n) is 11.8.